The second-order valence-electron chi connectivity index (χ2n) is 19.1. The van der Waals surface area contributed by atoms with Gasteiger partial charge in [0, 0.05) is 18.6 Å². The van der Waals surface area contributed by atoms with Crippen LogP contribution in [0.3, 0.4) is 0 Å². The Morgan fingerprint density at radius 1 is 0.466 bits per heavy atom. The summed E-state index contributed by atoms with van der Waals surface area (Å²) >= 11 is 0. The summed E-state index contributed by atoms with van der Waals surface area (Å²) in [5.41, 5.74) is 0. The van der Waals surface area contributed by atoms with Crippen LogP contribution in [0.25, 0.3) is 0 Å². The quantitative estimate of drug-likeness (QED) is 0.0264. The minimum absolute atomic E-state index is 0.0366. The van der Waals surface area contributed by atoms with E-state index in [1.165, 1.54) is 77.0 Å². The number of ether oxygens (including phenoxy) is 3. The summed E-state index contributed by atoms with van der Waals surface area (Å²) in [4.78, 5) is 39.1. The van der Waals surface area contributed by atoms with Crippen LogP contribution in [0.2, 0.25) is 0 Å². The minimum atomic E-state index is -0.205. The Hall–Kier alpha value is -2.15. The van der Waals surface area contributed by atoms with Crippen molar-refractivity contribution in [3.63, 3.8) is 0 Å². The van der Waals surface area contributed by atoms with Gasteiger partial charge in [0.2, 0.25) is 0 Å². The van der Waals surface area contributed by atoms with E-state index in [9.17, 15) is 14.4 Å². The molecule has 0 aromatic heterocycles. The maximum Gasteiger partial charge on any atom is 0.330 e. The monoisotopic (exact) mass is 818 g/mol. The summed E-state index contributed by atoms with van der Waals surface area (Å²) in [5.74, 6) is 2.83. The van der Waals surface area contributed by atoms with E-state index in [4.69, 9.17) is 14.2 Å². The number of hydrogen-bond acceptors (Lipinski definition) is 7. The van der Waals surface area contributed by atoms with Crippen molar-refractivity contribution >= 4 is 17.9 Å². The fourth-order valence-electron chi connectivity index (χ4n) is 7.32. The van der Waals surface area contributed by atoms with E-state index in [-0.39, 0.29) is 24.0 Å². The number of allylic oxidation sites excluding steroid dienone is 2. The van der Waals surface area contributed by atoms with E-state index >= 15 is 0 Å². The molecule has 2 unspecified atom stereocenters. The molecule has 0 radical (unpaired) electrons. The maximum atomic E-state index is 12.6. The van der Waals surface area contributed by atoms with Gasteiger partial charge in [-0.05, 0) is 114 Å². The topological polar surface area (TPSA) is 82.1 Å². The van der Waals surface area contributed by atoms with Gasteiger partial charge in [-0.15, -0.1) is 0 Å². The Kier molecular flexibility index (Phi) is 36.4. The van der Waals surface area contributed by atoms with Gasteiger partial charge < -0.3 is 19.1 Å². The van der Waals surface area contributed by atoms with Crippen LogP contribution in [0.15, 0.2) is 24.3 Å². The lowest BCUT2D eigenvalue weighted by atomic mass is 9.88. The molecule has 58 heavy (non-hydrogen) atoms. The smallest absolute Gasteiger partial charge is 0.330 e. The SMILES string of the molecule is CC(C)CCC(/C=C/C(=O)OCCCCCCCCCCC(CCCCCCCCCCOC(=O)/C=C/C(CCC(C)C)C(C)C)OC(=O)CCCN(C)C)C(C)C. The molecule has 0 bridgehead atoms. The van der Waals surface area contributed by atoms with Crippen molar-refractivity contribution in [3.05, 3.63) is 24.3 Å². The maximum absolute atomic E-state index is 12.6. The highest BCUT2D eigenvalue weighted by atomic mass is 16.5. The number of rotatable bonds is 39. The van der Waals surface area contributed by atoms with E-state index in [2.05, 4.69) is 72.4 Å². The van der Waals surface area contributed by atoms with Gasteiger partial charge in [-0.3, -0.25) is 4.79 Å². The number of carbonyl (C=O) groups is 3. The molecule has 0 N–H and O–H groups in total. The molecule has 0 rings (SSSR count). The molecule has 0 aliphatic heterocycles. The van der Waals surface area contributed by atoms with Crippen molar-refractivity contribution in [2.24, 2.45) is 35.5 Å². The first-order valence-corrected chi connectivity index (χ1v) is 24.2. The molecule has 0 aliphatic carbocycles. The summed E-state index contributed by atoms with van der Waals surface area (Å²) in [6, 6.07) is 0. The third-order valence-corrected chi connectivity index (χ3v) is 11.4. The Bertz CT molecular complexity index is 980. The summed E-state index contributed by atoms with van der Waals surface area (Å²) in [7, 11) is 4.08. The van der Waals surface area contributed by atoms with Crippen LogP contribution in [-0.2, 0) is 28.6 Å². The number of hydrogen-bond donors (Lipinski definition) is 0. The van der Waals surface area contributed by atoms with Gasteiger partial charge >= 0.3 is 17.9 Å². The average molecular weight is 818 g/mol. The van der Waals surface area contributed by atoms with Crippen LogP contribution in [0, 0.1) is 35.5 Å². The van der Waals surface area contributed by atoms with Crippen molar-refractivity contribution in [1.82, 2.24) is 4.90 Å². The van der Waals surface area contributed by atoms with Crippen LogP contribution in [0.5, 0.6) is 0 Å². The Labute approximate surface area is 359 Å². The second-order valence-corrected chi connectivity index (χ2v) is 19.1. The molecule has 0 saturated heterocycles. The molecule has 7 nitrogen and oxygen atoms in total. The zero-order valence-corrected chi connectivity index (χ0v) is 39.8. The summed E-state index contributed by atoms with van der Waals surface area (Å²) in [6.45, 7) is 19.8. The molecule has 0 saturated carbocycles. The van der Waals surface area contributed by atoms with Crippen molar-refractivity contribution < 1.29 is 28.6 Å². The van der Waals surface area contributed by atoms with Gasteiger partial charge in [0.05, 0.1) is 13.2 Å². The van der Waals surface area contributed by atoms with E-state index in [0.717, 1.165) is 77.2 Å². The predicted octanol–water partition coefficient (Wildman–Crippen LogP) is 13.9. The summed E-state index contributed by atoms with van der Waals surface area (Å²) < 4.78 is 16.9. The van der Waals surface area contributed by atoms with Gasteiger partial charge in [-0.25, -0.2) is 9.59 Å². The van der Waals surface area contributed by atoms with Crippen LogP contribution >= 0.6 is 0 Å². The van der Waals surface area contributed by atoms with E-state index in [0.29, 0.717) is 55.1 Å². The van der Waals surface area contributed by atoms with Gasteiger partial charge in [-0.1, -0.05) is 157 Å². The zero-order valence-electron chi connectivity index (χ0n) is 39.8. The van der Waals surface area contributed by atoms with Crippen LogP contribution in [0.4, 0.5) is 0 Å². The molecular weight excluding hydrogens is 723 g/mol. The minimum Gasteiger partial charge on any atom is -0.463 e. The zero-order chi connectivity index (χ0) is 43.4. The molecule has 0 amide bonds. The van der Waals surface area contributed by atoms with E-state index in [1.54, 1.807) is 12.2 Å². The van der Waals surface area contributed by atoms with Crippen molar-refractivity contribution in [1.29, 1.82) is 0 Å². The lowest BCUT2D eigenvalue weighted by Crippen LogP contribution is -2.20. The molecule has 7 heteroatoms. The fourth-order valence-corrected chi connectivity index (χ4v) is 7.32. The van der Waals surface area contributed by atoms with Crippen LogP contribution < -0.4 is 0 Å². The van der Waals surface area contributed by atoms with Crippen molar-refractivity contribution in [2.45, 2.75) is 216 Å². The number of esters is 3. The lowest BCUT2D eigenvalue weighted by molar-refractivity contribution is -0.150. The van der Waals surface area contributed by atoms with Gasteiger partial charge in [0.15, 0.2) is 0 Å². The second kappa shape index (κ2) is 37.8. The van der Waals surface area contributed by atoms with Crippen molar-refractivity contribution in [3.8, 4) is 0 Å². The van der Waals surface area contributed by atoms with Gasteiger partial charge in [0.1, 0.15) is 6.10 Å². The first kappa shape index (κ1) is 55.9. The molecule has 0 aromatic carbocycles. The lowest BCUT2D eigenvalue weighted by Gasteiger charge is -2.18. The van der Waals surface area contributed by atoms with E-state index in [1.807, 2.05) is 14.1 Å². The average Bonchev–Trinajstić information content (AvgIpc) is 3.14. The Morgan fingerprint density at radius 3 is 1.17 bits per heavy atom. The highest BCUT2D eigenvalue weighted by Crippen LogP contribution is 2.23. The molecule has 0 aromatic rings. The molecule has 0 spiro atoms. The van der Waals surface area contributed by atoms with Gasteiger partial charge in [-0.2, -0.15) is 0 Å². The molecule has 0 heterocycles. The first-order valence-electron chi connectivity index (χ1n) is 24.2. The van der Waals surface area contributed by atoms with E-state index < -0.39 is 0 Å². The molecule has 340 valence electrons. The third kappa shape index (κ3) is 36.9. The normalized spacial score (nSPS) is 13.8. The molecule has 0 fully saturated rings. The largest absolute Gasteiger partial charge is 0.463 e. The Balaban J connectivity index is 4.20. The molecule has 2 atom stereocenters. The molecular formula is C51H95NO6. The number of nitrogens with zero attached hydrogens (tertiary/aromatic N) is 1. The van der Waals surface area contributed by atoms with Crippen LogP contribution in [0.1, 0.15) is 209 Å². The summed E-state index contributed by atoms with van der Waals surface area (Å²) in [5, 5.41) is 0. The third-order valence-electron chi connectivity index (χ3n) is 11.4. The summed E-state index contributed by atoms with van der Waals surface area (Å²) in [6.07, 6.45) is 33.6. The first-order chi connectivity index (χ1) is 27.7. The predicted molar refractivity (Wildman–Crippen MR) is 246 cm³/mol. The van der Waals surface area contributed by atoms with Crippen molar-refractivity contribution in [2.75, 3.05) is 33.9 Å². The standard InChI is InChI=1S/C51H95NO6/c1-42(2)31-33-46(44(5)6)35-37-49(53)56-40-25-21-17-13-11-15-19-23-28-48(58-51(55)30-27-39-52(9)10)29-24-20-16-12-14-18-22-26-41-57-50(54)38-36-47(45(7)8)34-32-43(3)4/h35-38,42-48H,11-34,39-41H2,1-10H3/b37-35+,38-36+. The Morgan fingerprint density at radius 2 is 0.828 bits per heavy atom. The molecule has 0 aliphatic rings. The number of unbranched alkanes of at least 4 members (excludes halogenated alkanes) is 14. The van der Waals surface area contributed by atoms with Gasteiger partial charge in [0.25, 0.3) is 0 Å². The van der Waals surface area contributed by atoms with Crippen LogP contribution in [-0.4, -0.2) is 62.8 Å². The fraction of sp³-hybridized carbons (Fsp3) is 0.863. The highest BCUT2D eigenvalue weighted by Gasteiger charge is 2.15. The highest BCUT2D eigenvalue weighted by molar-refractivity contribution is 5.82. The number of carbonyl (C=O) groups excluding carboxylic acids is 3.